The zero-order chi connectivity index (χ0) is 13.8. The Kier molecular flexibility index (Phi) is 4.21. The number of nitrogens with zero attached hydrogens (tertiary/aromatic N) is 1. The Bertz CT molecular complexity index is 534. The van der Waals surface area contributed by atoms with Gasteiger partial charge >= 0.3 is 6.03 Å². The van der Waals surface area contributed by atoms with Gasteiger partial charge in [0.05, 0.1) is 6.04 Å². The van der Waals surface area contributed by atoms with E-state index < -0.39 is 0 Å². The molecule has 0 aliphatic carbocycles. The molecule has 2 aromatic heterocycles. The highest BCUT2D eigenvalue weighted by molar-refractivity contribution is 7.10. The van der Waals surface area contributed by atoms with E-state index in [0.717, 1.165) is 4.88 Å². The number of carbonyl (C=O) groups excluding carboxylic acids is 1. The maximum absolute atomic E-state index is 11.9. The van der Waals surface area contributed by atoms with Gasteiger partial charge < -0.3 is 9.84 Å². The molecular weight excluding hydrogens is 262 g/mol. The van der Waals surface area contributed by atoms with E-state index in [0.29, 0.717) is 17.5 Å². The molecule has 2 rings (SSSR count). The molecule has 0 aliphatic heterocycles. The molecule has 19 heavy (non-hydrogen) atoms. The van der Waals surface area contributed by atoms with Gasteiger partial charge in [-0.3, -0.25) is 5.32 Å². The molecule has 0 unspecified atom stereocenters. The molecule has 0 saturated heterocycles. The average molecular weight is 279 g/mol. The summed E-state index contributed by atoms with van der Waals surface area (Å²) in [6.07, 6.45) is 0. The number of urea groups is 1. The van der Waals surface area contributed by atoms with E-state index in [1.165, 1.54) is 0 Å². The van der Waals surface area contributed by atoms with Crippen molar-refractivity contribution in [1.82, 2.24) is 10.5 Å². The second kappa shape index (κ2) is 5.88. The van der Waals surface area contributed by atoms with E-state index in [9.17, 15) is 4.79 Å². The van der Waals surface area contributed by atoms with Crippen LogP contribution in [0.2, 0.25) is 0 Å². The Labute approximate surface area is 116 Å². The van der Waals surface area contributed by atoms with E-state index in [2.05, 4.69) is 29.6 Å². The van der Waals surface area contributed by atoms with Gasteiger partial charge in [-0.1, -0.05) is 25.1 Å². The fourth-order valence-electron chi connectivity index (χ4n) is 1.75. The van der Waals surface area contributed by atoms with Gasteiger partial charge in [-0.05, 0) is 24.3 Å². The molecule has 2 aromatic rings. The monoisotopic (exact) mass is 279 g/mol. The topological polar surface area (TPSA) is 67.2 Å². The summed E-state index contributed by atoms with van der Waals surface area (Å²) in [5, 5.41) is 11.3. The fraction of sp³-hybridized carbons (Fsp3) is 0.385. The third-order valence-corrected chi connectivity index (χ3v) is 3.63. The van der Waals surface area contributed by atoms with Crippen molar-refractivity contribution in [1.29, 1.82) is 0 Å². The minimum absolute atomic E-state index is 0.00648. The molecule has 0 aliphatic rings. The zero-order valence-electron chi connectivity index (χ0n) is 11.1. The van der Waals surface area contributed by atoms with Crippen LogP contribution in [0.4, 0.5) is 10.6 Å². The van der Waals surface area contributed by atoms with Crippen LogP contribution in [0.1, 0.15) is 30.5 Å². The van der Waals surface area contributed by atoms with Crippen molar-refractivity contribution in [2.45, 2.75) is 26.8 Å². The smallest absolute Gasteiger partial charge is 0.321 e. The van der Waals surface area contributed by atoms with Crippen LogP contribution >= 0.6 is 11.3 Å². The fourth-order valence-corrected chi connectivity index (χ4v) is 2.70. The Balaban J connectivity index is 2.00. The summed E-state index contributed by atoms with van der Waals surface area (Å²) in [5.74, 6) is 1.39. The molecule has 0 saturated carbocycles. The number of nitrogens with one attached hydrogen (secondary N) is 2. The van der Waals surface area contributed by atoms with Gasteiger partial charge in [0.15, 0.2) is 5.82 Å². The van der Waals surface area contributed by atoms with Gasteiger partial charge in [-0.15, -0.1) is 11.3 Å². The van der Waals surface area contributed by atoms with Gasteiger partial charge in [-0.2, -0.15) is 0 Å². The lowest BCUT2D eigenvalue weighted by Gasteiger charge is -2.21. The lowest BCUT2D eigenvalue weighted by Crippen LogP contribution is -2.34. The Morgan fingerprint density at radius 2 is 2.26 bits per heavy atom. The summed E-state index contributed by atoms with van der Waals surface area (Å²) in [6, 6.07) is 5.40. The van der Waals surface area contributed by atoms with E-state index in [1.807, 2.05) is 17.5 Å². The van der Waals surface area contributed by atoms with Crippen molar-refractivity contribution in [3.05, 3.63) is 34.2 Å². The quantitative estimate of drug-likeness (QED) is 0.899. The minimum atomic E-state index is -0.277. The number of thiophene rings is 1. The summed E-state index contributed by atoms with van der Waals surface area (Å²) in [5.41, 5.74) is 0. The number of amides is 2. The van der Waals surface area contributed by atoms with E-state index in [-0.39, 0.29) is 12.1 Å². The molecule has 0 fully saturated rings. The molecule has 1 atom stereocenters. The van der Waals surface area contributed by atoms with Crippen molar-refractivity contribution < 1.29 is 9.32 Å². The highest BCUT2D eigenvalue weighted by atomic mass is 32.1. The first kappa shape index (κ1) is 13.6. The highest BCUT2D eigenvalue weighted by Gasteiger charge is 2.19. The summed E-state index contributed by atoms with van der Waals surface area (Å²) in [6.45, 7) is 5.93. The maximum atomic E-state index is 11.9. The van der Waals surface area contributed by atoms with Crippen molar-refractivity contribution in [3.63, 3.8) is 0 Å². The summed E-state index contributed by atoms with van der Waals surface area (Å²) >= 11 is 1.64. The standard InChI is InChI=1S/C13H17N3O2S/c1-8(2)12(10-5-4-6-19-10)15-13(17)14-11-7-9(3)18-16-11/h4-8,12H,1-3H3,(H2,14,15,16,17)/t12-/m1/s1. The van der Waals surface area contributed by atoms with Gasteiger partial charge in [-0.25, -0.2) is 4.79 Å². The van der Waals surface area contributed by atoms with Gasteiger partial charge in [0.2, 0.25) is 0 Å². The number of anilines is 1. The largest absolute Gasteiger partial charge is 0.360 e. The van der Waals surface area contributed by atoms with Crippen LogP contribution in [-0.4, -0.2) is 11.2 Å². The average Bonchev–Trinajstić information content (AvgIpc) is 2.97. The molecule has 5 nitrogen and oxygen atoms in total. The number of aryl methyl sites for hydroxylation is 1. The Hall–Kier alpha value is -1.82. The number of hydrogen-bond donors (Lipinski definition) is 2. The van der Waals surface area contributed by atoms with Crippen LogP contribution in [0, 0.1) is 12.8 Å². The van der Waals surface area contributed by atoms with Gasteiger partial charge in [0.1, 0.15) is 5.76 Å². The van der Waals surface area contributed by atoms with Crippen LogP contribution in [0.3, 0.4) is 0 Å². The lowest BCUT2D eigenvalue weighted by molar-refractivity contribution is 0.245. The van der Waals surface area contributed by atoms with E-state index >= 15 is 0 Å². The summed E-state index contributed by atoms with van der Waals surface area (Å²) in [4.78, 5) is 13.1. The SMILES string of the molecule is Cc1cc(NC(=O)N[C@@H](c2cccs2)C(C)C)no1. The highest BCUT2D eigenvalue weighted by Crippen LogP contribution is 2.25. The predicted molar refractivity (Wildman–Crippen MR) is 75.3 cm³/mol. The molecule has 102 valence electrons. The van der Waals surface area contributed by atoms with Crippen LogP contribution in [-0.2, 0) is 0 Å². The van der Waals surface area contributed by atoms with E-state index in [4.69, 9.17) is 4.52 Å². The first-order chi connectivity index (χ1) is 9.06. The maximum Gasteiger partial charge on any atom is 0.321 e. The van der Waals surface area contributed by atoms with Crippen molar-refractivity contribution in [2.24, 2.45) is 5.92 Å². The normalized spacial score (nSPS) is 12.4. The number of aromatic nitrogens is 1. The molecule has 0 radical (unpaired) electrons. The zero-order valence-corrected chi connectivity index (χ0v) is 12.0. The molecule has 2 amide bonds. The van der Waals surface area contributed by atoms with E-state index in [1.54, 1.807) is 24.3 Å². The molecule has 0 spiro atoms. The second-order valence-electron chi connectivity index (χ2n) is 4.66. The number of rotatable bonds is 4. The van der Waals surface area contributed by atoms with Crippen LogP contribution in [0.25, 0.3) is 0 Å². The molecule has 0 bridgehead atoms. The van der Waals surface area contributed by atoms with Crippen molar-refractivity contribution >= 4 is 23.2 Å². The second-order valence-corrected chi connectivity index (χ2v) is 5.64. The molecule has 2 heterocycles. The van der Waals surface area contributed by atoms with Crippen molar-refractivity contribution in [3.8, 4) is 0 Å². The first-order valence-corrected chi connectivity index (χ1v) is 6.98. The first-order valence-electron chi connectivity index (χ1n) is 6.10. The molecule has 2 N–H and O–H groups in total. The Morgan fingerprint density at radius 1 is 1.47 bits per heavy atom. The lowest BCUT2D eigenvalue weighted by atomic mass is 10.0. The Morgan fingerprint density at radius 3 is 2.79 bits per heavy atom. The van der Waals surface area contributed by atoms with Gasteiger partial charge in [0, 0.05) is 10.9 Å². The predicted octanol–water partition coefficient (Wildman–Crippen LogP) is 3.56. The van der Waals surface area contributed by atoms with Crippen LogP contribution in [0.5, 0.6) is 0 Å². The summed E-state index contributed by atoms with van der Waals surface area (Å²) < 4.78 is 4.90. The van der Waals surface area contributed by atoms with Crippen LogP contribution < -0.4 is 10.6 Å². The molecule has 6 heteroatoms. The third-order valence-electron chi connectivity index (χ3n) is 2.67. The minimum Gasteiger partial charge on any atom is -0.360 e. The molecular formula is C13H17N3O2S. The molecule has 0 aromatic carbocycles. The number of hydrogen-bond acceptors (Lipinski definition) is 4. The summed E-state index contributed by atoms with van der Waals surface area (Å²) in [7, 11) is 0. The van der Waals surface area contributed by atoms with Crippen LogP contribution in [0.15, 0.2) is 28.1 Å². The third kappa shape index (κ3) is 3.57. The van der Waals surface area contributed by atoms with Gasteiger partial charge in [0.25, 0.3) is 0 Å². The number of carbonyl (C=O) groups is 1. The van der Waals surface area contributed by atoms with Crippen molar-refractivity contribution in [2.75, 3.05) is 5.32 Å².